The summed E-state index contributed by atoms with van der Waals surface area (Å²) < 4.78 is 10.5. The van der Waals surface area contributed by atoms with Gasteiger partial charge in [0.1, 0.15) is 6.61 Å². The van der Waals surface area contributed by atoms with E-state index in [1.807, 2.05) is 18.2 Å². The quantitative estimate of drug-likeness (QED) is 0.643. The number of hydrogen-bond acceptors (Lipinski definition) is 4. The van der Waals surface area contributed by atoms with Gasteiger partial charge in [0.25, 0.3) is 0 Å². The van der Waals surface area contributed by atoms with Crippen LogP contribution in [0.25, 0.3) is 0 Å². The lowest BCUT2D eigenvalue weighted by molar-refractivity contribution is 0.0441. The van der Waals surface area contributed by atoms with Crippen LogP contribution in [-0.2, 0) is 9.47 Å². The van der Waals surface area contributed by atoms with Crippen LogP contribution >= 0.6 is 11.8 Å². The monoisotopic (exact) mass is 281 g/mol. The zero-order chi connectivity index (χ0) is 13.3. The Labute approximate surface area is 117 Å². The summed E-state index contributed by atoms with van der Waals surface area (Å²) in [7, 11) is 0. The molecule has 1 aromatic rings. The van der Waals surface area contributed by atoms with E-state index < -0.39 is 0 Å². The third-order valence-corrected chi connectivity index (χ3v) is 3.82. The number of alkyl carbamates (subject to hydrolysis) is 1. The van der Waals surface area contributed by atoms with Crippen LogP contribution in [0.5, 0.6) is 0 Å². The van der Waals surface area contributed by atoms with Crippen LogP contribution in [0.1, 0.15) is 12.8 Å². The topological polar surface area (TPSA) is 47.6 Å². The van der Waals surface area contributed by atoms with Gasteiger partial charge in [-0.2, -0.15) is 0 Å². The molecule has 0 bridgehead atoms. The molecule has 1 N–H and O–H groups in total. The fraction of sp³-hybridized carbons (Fsp3) is 0.500. The van der Waals surface area contributed by atoms with E-state index in [0.717, 1.165) is 25.2 Å². The maximum atomic E-state index is 11.4. The summed E-state index contributed by atoms with van der Waals surface area (Å²) in [4.78, 5) is 12.6. The van der Waals surface area contributed by atoms with Gasteiger partial charge < -0.3 is 14.8 Å². The molecular weight excluding hydrogens is 262 g/mol. The highest BCUT2D eigenvalue weighted by Crippen LogP contribution is 2.15. The molecule has 2 rings (SSSR count). The first-order valence-electron chi connectivity index (χ1n) is 6.54. The molecule has 0 radical (unpaired) electrons. The summed E-state index contributed by atoms with van der Waals surface area (Å²) in [5, 5.41) is 2.74. The van der Waals surface area contributed by atoms with E-state index in [4.69, 9.17) is 9.47 Å². The van der Waals surface area contributed by atoms with Gasteiger partial charge in [-0.15, -0.1) is 11.8 Å². The summed E-state index contributed by atoms with van der Waals surface area (Å²) in [5.74, 6) is 0.832. The number of rotatable bonds is 6. The van der Waals surface area contributed by atoms with Gasteiger partial charge in [0, 0.05) is 23.8 Å². The number of benzene rings is 1. The molecule has 1 atom stereocenters. The predicted molar refractivity (Wildman–Crippen MR) is 75.5 cm³/mol. The first kappa shape index (κ1) is 14.2. The maximum Gasteiger partial charge on any atom is 0.407 e. The van der Waals surface area contributed by atoms with Gasteiger partial charge in [0.05, 0.1) is 6.10 Å². The first-order valence-corrected chi connectivity index (χ1v) is 7.53. The zero-order valence-electron chi connectivity index (χ0n) is 10.8. The molecule has 0 aliphatic carbocycles. The molecule has 1 heterocycles. The lowest BCUT2D eigenvalue weighted by Crippen LogP contribution is -2.29. The van der Waals surface area contributed by atoms with Crippen LogP contribution in [0.3, 0.4) is 0 Å². The van der Waals surface area contributed by atoms with Crippen molar-refractivity contribution in [2.24, 2.45) is 0 Å². The van der Waals surface area contributed by atoms with Crippen LogP contribution in [-0.4, -0.2) is 37.7 Å². The molecule has 1 aromatic carbocycles. The van der Waals surface area contributed by atoms with Crippen LogP contribution in [0.4, 0.5) is 4.79 Å². The minimum atomic E-state index is -0.357. The van der Waals surface area contributed by atoms with Gasteiger partial charge in [-0.05, 0) is 25.0 Å². The maximum absolute atomic E-state index is 11.4. The Bertz CT molecular complexity index is 380. The first-order chi connectivity index (χ1) is 9.34. The second kappa shape index (κ2) is 8.07. The van der Waals surface area contributed by atoms with Crippen molar-refractivity contribution in [1.82, 2.24) is 5.32 Å². The SMILES string of the molecule is O=C(NCCSc1ccccc1)OCC1CCCO1. The molecular formula is C14H19NO3S. The Morgan fingerprint density at radius 1 is 1.42 bits per heavy atom. The number of ether oxygens (including phenoxy) is 2. The molecule has 4 nitrogen and oxygen atoms in total. The largest absolute Gasteiger partial charge is 0.447 e. The van der Waals surface area contributed by atoms with Crippen molar-refractivity contribution in [3.63, 3.8) is 0 Å². The minimum Gasteiger partial charge on any atom is -0.447 e. The molecule has 1 amide bonds. The van der Waals surface area contributed by atoms with E-state index in [1.54, 1.807) is 11.8 Å². The van der Waals surface area contributed by atoms with Crippen molar-refractivity contribution < 1.29 is 14.3 Å². The molecule has 19 heavy (non-hydrogen) atoms. The smallest absolute Gasteiger partial charge is 0.407 e. The van der Waals surface area contributed by atoms with Gasteiger partial charge >= 0.3 is 6.09 Å². The van der Waals surface area contributed by atoms with Crippen molar-refractivity contribution in [2.75, 3.05) is 25.5 Å². The van der Waals surface area contributed by atoms with E-state index in [9.17, 15) is 4.79 Å². The van der Waals surface area contributed by atoms with Gasteiger partial charge in [-0.25, -0.2) is 4.79 Å². The highest BCUT2D eigenvalue weighted by molar-refractivity contribution is 7.99. The Morgan fingerprint density at radius 2 is 2.26 bits per heavy atom. The molecule has 104 valence electrons. The molecule has 1 saturated heterocycles. The number of hydrogen-bond donors (Lipinski definition) is 1. The number of nitrogens with one attached hydrogen (secondary N) is 1. The zero-order valence-corrected chi connectivity index (χ0v) is 11.7. The number of thioether (sulfide) groups is 1. The minimum absolute atomic E-state index is 0.0874. The highest BCUT2D eigenvalue weighted by atomic mass is 32.2. The van der Waals surface area contributed by atoms with Crippen LogP contribution in [0.2, 0.25) is 0 Å². The summed E-state index contributed by atoms with van der Waals surface area (Å²) in [6.45, 7) is 1.74. The van der Waals surface area contributed by atoms with Crippen molar-refractivity contribution in [3.8, 4) is 0 Å². The Kier molecular flexibility index (Phi) is 6.04. The summed E-state index contributed by atoms with van der Waals surface area (Å²) >= 11 is 1.71. The molecule has 0 saturated carbocycles. The Hall–Kier alpha value is -1.20. The standard InChI is InChI=1S/C14H19NO3S/c16-14(18-11-12-5-4-9-17-12)15-8-10-19-13-6-2-1-3-7-13/h1-3,6-7,12H,4-5,8-11H2,(H,15,16). The number of carbonyl (C=O) groups excluding carboxylic acids is 1. The third kappa shape index (κ3) is 5.53. The molecule has 1 unspecified atom stereocenters. The Balaban J connectivity index is 1.51. The fourth-order valence-electron chi connectivity index (χ4n) is 1.83. The van der Waals surface area contributed by atoms with Crippen molar-refractivity contribution in [2.45, 2.75) is 23.8 Å². The lowest BCUT2D eigenvalue weighted by Gasteiger charge is -2.10. The predicted octanol–water partition coefficient (Wildman–Crippen LogP) is 2.68. The molecule has 0 spiro atoms. The van der Waals surface area contributed by atoms with Crippen molar-refractivity contribution in [1.29, 1.82) is 0 Å². The molecule has 1 fully saturated rings. The number of amides is 1. The number of carbonyl (C=O) groups is 1. The molecule has 1 aliphatic heterocycles. The Morgan fingerprint density at radius 3 is 3.00 bits per heavy atom. The summed E-state index contributed by atoms with van der Waals surface area (Å²) in [6.07, 6.45) is 1.77. The van der Waals surface area contributed by atoms with E-state index in [0.29, 0.717) is 13.2 Å². The lowest BCUT2D eigenvalue weighted by atomic mass is 10.2. The van der Waals surface area contributed by atoms with Gasteiger partial charge in [0.15, 0.2) is 0 Å². The van der Waals surface area contributed by atoms with E-state index in [2.05, 4.69) is 17.4 Å². The molecule has 1 aliphatic rings. The summed E-state index contributed by atoms with van der Waals surface area (Å²) in [6, 6.07) is 10.1. The third-order valence-electron chi connectivity index (χ3n) is 2.81. The second-order valence-electron chi connectivity index (χ2n) is 4.32. The van der Waals surface area contributed by atoms with Crippen LogP contribution < -0.4 is 5.32 Å². The van der Waals surface area contributed by atoms with Crippen molar-refractivity contribution in [3.05, 3.63) is 30.3 Å². The van der Waals surface area contributed by atoms with E-state index >= 15 is 0 Å². The van der Waals surface area contributed by atoms with Gasteiger partial charge in [-0.3, -0.25) is 0 Å². The average Bonchev–Trinajstić information content (AvgIpc) is 2.96. The van der Waals surface area contributed by atoms with Crippen molar-refractivity contribution >= 4 is 17.9 Å². The van der Waals surface area contributed by atoms with Gasteiger partial charge in [0.2, 0.25) is 0 Å². The molecule has 5 heteroatoms. The van der Waals surface area contributed by atoms with Crippen LogP contribution in [0, 0.1) is 0 Å². The van der Waals surface area contributed by atoms with E-state index in [-0.39, 0.29) is 12.2 Å². The molecule has 0 aromatic heterocycles. The van der Waals surface area contributed by atoms with Gasteiger partial charge in [-0.1, -0.05) is 18.2 Å². The van der Waals surface area contributed by atoms with Crippen LogP contribution in [0.15, 0.2) is 35.2 Å². The normalized spacial score (nSPS) is 18.2. The van der Waals surface area contributed by atoms with E-state index in [1.165, 1.54) is 4.90 Å². The summed E-state index contributed by atoms with van der Waals surface area (Å²) in [5.41, 5.74) is 0. The highest BCUT2D eigenvalue weighted by Gasteiger charge is 2.17. The fourth-order valence-corrected chi connectivity index (χ4v) is 2.62. The average molecular weight is 281 g/mol. The second-order valence-corrected chi connectivity index (χ2v) is 5.49.